The van der Waals surface area contributed by atoms with Gasteiger partial charge in [-0.2, -0.15) is 0 Å². The number of pyridine rings is 1. The zero-order chi connectivity index (χ0) is 22.5. The second-order valence-corrected chi connectivity index (χ2v) is 9.23. The number of H-pyrrole nitrogens is 1. The van der Waals surface area contributed by atoms with Crippen LogP contribution in [0.3, 0.4) is 0 Å². The number of fused-ring (bicyclic) bond motifs is 1. The van der Waals surface area contributed by atoms with Crippen LogP contribution < -0.4 is 10.9 Å². The number of nitrogens with one attached hydrogen (secondary N) is 2. The summed E-state index contributed by atoms with van der Waals surface area (Å²) in [6, 6.07) is 6.18. The van der Waals surface area contributed by atoms with E-state index in [1.165, 1.54) is 11.1 Å². The van der Waals surface area contributed by atoms with Gasteiger partial charge in [0.05, 0.1) is 25.9 Å². The van der Waals surface area contributed by atoms with Gasteiger partial charge in [-0.1, -0.05) is 0 Å². The van der Waals surface area contributed by atoms with Gasteiger partial charge in [-0.15, -0.1) is 0 Å². The first-order valence-electron chi connectivity index (χ1n) is 11.6. The topological polar surface area (TPSA) is 69.8 Å². The molecule has 7 nitrogen and oxygen atoms in total. The number of morpholine rings is 1. The molecule has 0 amide bonds. The van der Waals surface area contributed by atoms with Gasteiger partial charge in [-0.05, 0) is 73.6 Å². The quantitative estimate of drug-likeness (QED) is 0.617. The predicted octanol–water partition coefficient (Wildman–Crippen LogP) is 2.33. The first kappa shape index (κ1) is 23.2. The molecule has 2 aromatic rings. The van der Waals surface area contributed by atoms with Crippen LogP contribution in [-0.2, 0) is 16.0 Å². The maximum atomic E-state index is 12.9. The smallest absolute Gasteiger partial charge is 0.253 e. The molecule has 0 aliphatic carbocycles. The van der Waals surface area contributed by atoms with Crippen molar-refractivity contribution in [2.45, 2.75) is 39.3 Å². The molecule has 174 valence electrons. The number of aromatic amines is 1. The molecule has 2 fully saturated rings. The number of hydrogen-bond donors (Lipinski definition) is 2. The number of rotatable bonds is 7. The minimum atomic E-state index is -0.0564. The summed E-state index contributed by atoms with van der Waals surface area (Å²) in [5.74, 6) is 0. The van der Waals surface area contributed by atoms with Gasteiger partial charge >= 0.3 is 0 Å². The lowest BCUT2D eigenvalue weighted by molar-refractivity contribution is 0.0356. The molecular weight excluding hydrogens is 424 g/mol. The second kappa shape index (κ2) is 10.7. The maximum Gasteiger partial charge on any atom is 0.253 e. The van der Waals surface area contributed by atoms with Crippen LogP contribution in [0.25, 0.3) is 10.9 Å². The SMILES string of the molecule is Cc1cc2cc(CN(CCN3CCOCC3)C(=S)NCC3CCCO3)c(=O)[nH]c2cc1C. The lowest BCUT2D eigenvalue weighted by Crippen LogP contribution is -2.47. The van der Waals surface area contributed by atoms with Crippen molar-refractivity contribution in [2.24, 2.45) is 0 Å². The molecule has 1 atom stereocenters. The van der Waals surface area contributed by atoms with Gasteiger partial charge in [0, 0.05) is 50.4 Å². The normalized spacial score (nSPS) is 19.4. The summed E-state index contributed by atoms with van der Waals surface area (Å²) in [7, 11) is 0. The number of ether oxygens (including phenoxy) is 2. The summed E-state index contributed by atoms with van der Waals surface area (Å²) in [5.41, 5.74) is 3.94. The van der Waals surface area contributed by atoms with Crippen molar-refractivity contribution in [3.05, 3.63) is 45.2 Å². The number of aryl methyl sites for hydroxylation is 2. The molecule has 0 radical (unpaired) electrons. The molecule has 2 aliphatic rings. The van der Waals surface area contributed by atoms with Crippen LogP contribution >= 0.6 is 12.2 Å². The Morgan fingerprint density at radius 2 is 2.00 bits per heavy atom. The number of thiocarbonyl (C=S) groups is 1. The summed E-state index contributed by atoms with van der Waals surface area (Å²) < 4.78 is 11.2. The highest BCUT2D eigenvalue weighted by molar-refractivity contribution is 7.80. The molecule has 1 unspecified atom stereocenters. The summed E-state index contributed by atoms with van der Waals surface area (Å²) in [6.07, 6.45) is 2.38. The van der Waals surface area contributed by atoms with Crippen LogP contribution in [0.15, 0.2) is 23.0 Å². The van der Waals surface area contributed by atoms with Crippen LogP contribution in [0.5, 0.6) is 0 Å². The number of nitrogens with zero attached hydrogens (tertiary/aromatic N) is 2. The highest BCUT2D eigenvalue weighted by atomic mass is 32.1. The van der Waals surface area contributed by atoms with Crippen LogP contribution in [0.1, 0.15) is 29.5 Å². The van der Waals surface area contributed by atoms with Gasteiger partial charge in [-0.3, -0.25) is 9.69 Å². The first-order chi connectivity index (χ1) is 15.5. The highest BCUT2D eigenvalue weighted by Gasteiger charge is 2.19. The Balaban J connectivity index is 1.49. The van der Waals surface area contributed by atoms with E-state index in [2.05, 4.69) is 40.0 Å². The van der Waals surface area contributed by atoms with Crippen LogP contribution in [-0.4, -0.2) is 78.5 Å². The molecule has 4 rings (SSSR count). The minimum Gasteiger partial charge on any atom is -0.379 e. The molecule has 1 aromatic heterocycles. The molecule has 0 saturated carbocycles. The van der Waals surface area contributed by atoms with Crippen molar-refractivity contribution in [3.8, 4) is 0 Å². The fourth-order valence-corrected chi connectivity index (χ4v) is 4.54. The third-order valence-electron chi connectivity index (χ3n) is 6.48. The fourth-order valence-electron chi connectivity index (χ4n) is 4.30. The molecule has 32 heavy (non-hydrogen) atoms. The molecule has 1 aromatic carbocycles. The number of aromatic nitrogens is 1. The van der Waals surface area contributed by atoms with Gasteiger partial charge in [0.1, 0.15) is 0 Å². The summed E-state index contributed by atoms with van der Waals surface area (Å²) in [4.78, 5) is 20.4. The van der Waals surface area contributed by atoms with Crippen LogP contribution in [0.4, 0.5) is 0 Å². The van der Waals surface area contributed by atoms with Crippen molar-refractivity contribution >= 4 is 28.2 Å². The zero-order valence-electron chi connectivity index (χ0n) is 19.1. The largest absolute Gasteiger partial charge is 0.379 e. The van der Waals surface area contributed by atoms with Crippen molar-refractivity contribution in [2.75, 3.05) is 52.5 Å². The second-order valence-electron chi connectivity index (χ2n) is 8.84. The molecule has 0 bridgehead atoms. The molecular formula is C24H34N4O3S. The Morgan fingerprint density at radius 3 is 2.75 bits per heavy atom. The van der Waals surface area contributed by atoms with Crippen LogP contribution in [0, 0.1) is 13.8 Å². The van der Waals surface area contributed by atoms with E-state index in [0.717, 1.165) is 75.3 Å². The molecule has 8 heteroatoms. The Kier molecular flexibility index (Phi) is 7.78. The van der Waals surface area contributed by atoms with E-state index < -0.39 is 0 Å². The minimum absolute atomic E-state index is 0.0564. The van der Waals surface area contributed by atoms with E-state index in [4.69, 9.17) is 21.7 Å². The van der Waals surface area contributed by atoms with Crippen molar-refractivity contribution in [1.82, 2.24) is 20.1 Å². The first-order valence-corrected chi connectivity index (χ1v) is 12.0. The average Bonchev–Trinajstić information content (AvgIpc) is 3.31. The van der Waals surface area contributed by atoms with Crippen molar-refractivity contribution in [1.29, 1.82) is 0 Å². The molecule has 2 aliphatic heterocycles. The van der Waals surface area contributed by atoms with Gasteiger partial charge in [-0.25, -0.2) is 0 Å². The van der Waals surface area contributed by atoms with Crippen molar-refractivity contribution in [3.63, 3.8) is 0 Å². The summed E-state index contributed by atoms with van der Waals surface area (Å²) in [5, 5.41) is 5.11. The number of hydrogen-bond acceptors (Lipinski definition) is 5. The molecule has 3 heterocycles. The Morgan fingerprint density at radius 1 is 1.22 bits per heavy atom. The third kappa shape index (κ3) is 5.86. The lowest BCUT2D eigenvalue weighted by atomic mass is 10.0. The Labute approximate surface area is 195 Å². The fraction of sp³-hybridized carbons (Fsp3) is 0.583. The van der Waals surface area contributed by atoms with Gasteiger partial charge in [0.2, 0.25) is 0 Å². The summed E-state index contributed by atoms with van der Waals surface area (Å²) >= 11 is 5.76. The van der Waals surface area contributed by atoms with Gasteiger partial charge < -0.3 is 24.7 Å². The number of benzene rings is 1. The average molecular weight is 459 g/mol. The highest BCUT2D eigenvalue weighted by Crippen LogP contribution is 2.18. The van der Waals surface area contributed by atoms with E-state index in [1.807, 2.05) is 12.1 Å². The third-order valence-corrected chi connectivity index (χ3v) is 6.88. The van der Waals surface area contributed by atoms with E-state index in [1.54, 1.807) is 0 Å². The lowest BCUT2D eigenvalue weighted by Gasteiger charge is -2.31. The monoisotopic (exact) mass is 458 g/mol. The van der Waals surface area contributed by atoms with E-state index in [0.29, 0.717) is 18.2 Å². The molecule has 0 spiro atoms. The summed E-state index contributed by atoms with van der Waals surface area (Å²) in [6.45, 7) is 11.2. The van der Waals surface area contributed by atoms with Crippen molar-refractivity contribution < 1.29 is 9.47 Å². The zero-order valence-corrected chi connectivity index (χ0v) is 19.9. The van der Waals surface area contributed by atoms with E-state index >= 15 is 0 Å². The van der Waals surface area contributed by atoms with E-state index in [-0.39, 0.29) is 11.7 Å². The molecule has 2 saturated heterocycles. The predicted molar refractivity (Wildman–Crippen MR) is 131 cm³/mol. The van der Waals surface area contributed by atoms with Crippen LogP contribution in [0.2, 0.25) is 0 Å². The van der Waals surface area contributed by atoms with E-state index in [9.17, 15) is 4.79 Å². The molecule has 2 N–H and O–H groups in total. The Hall–Kier alpha value is -2.00. The Bertz CT molecular complexity index is 997. The standard InChI is InChI=1S/C24H34N4O3S/c1-17-12-19-14-20(23(29)26-22(19)13-18(17)2)16-28(6-5-27-7-10-30-11-8-27)24(32)25-15-21-4-3-9-31-21/h12-14,21H,3-11,15-16H2,1-2H3,(H,25,32)(H,26,29). The van der Waals surface area contributed by atoms with Gasteiger partial charge in [0.25, 0.3) is 5.56 Å². The maximum absolute atomic E-state index is 12.9. The van der Waals surface area contributed by atoms with Gasteiger partial charge in [0.15, 0.2) is 5.11 Å².